The van der Waals surface area contributed by atoms with Crippen LogP contribution in [0.3, 0.4) is 0 Å². The van der Waals surface area contributed by atoms with Crippen LogP contribution in [0.4, 0.5) is 18.9 Å². The van der Waals surface area contributed by atoms with E-state index < -0.39 is 17.6 Å². The minimum absolute atomic E-state index is 0.0625. The molecule has 0 fully saturated rings. The number of hydrogen-bond donors (Lipinski definition) is 1. The maximum atomic E-state index is 13.1. The normalized spacial score (nSPS) is 11.8. The lowest BCUT2D eigenvalue weighted by Crippen LogP contribution is -2.18. The second-order valence-corrected chi connectivity index (χ2v) is 7.44. The number of carbonyl (C=O) groups is 1. The van der Waals surface area contributed by atoms with E-state index in [2.05, 4.69) is 10.3 Å². The minimum Gasteiger partial charge on any atom is -0.325 e. The molecule has 1 heterocycles. The molecule has 0 spiro atoms. The monoisotopic (exact) mass is 427 g/mol. The van der Waals surface area contributed by atoms with Gasteiger partial charge in [0.2, 0.25) is 5.91 Å². The van der Waals surface area contributed by atoms with Crippen LogP contribution in [0.15, 0.2) is 47.6 Å². The van der Waals surface area contributed by atoms with Crippen molar-refractivity contribution in [2.45, 2.75) is 31.2 Å². The summed E-state index contributed by atoms with van der Waals surface area (Å²) in [5.74, 6) is -0.595. The molecule has 0 bridgehead atoms. The van der Waals surface area contributed by atoms with Gasteiger partial charge in [0.05, 0.1) is 28.0 Å². The molecule has 0 saturated carbocycles. The summed E-state index contributed by atoms with van der Waals surface area (Å²) < 4.78 is 41.2. The molecule has 0 saturated heterocycles. The van der Waals surface area contributed by atoms with Gasteiger partial charge >= 0.3 is 6.18 Å². The molecule has 3 rings (SSSR count). The Morgan fingerprint density at radius 1 is 1.25 bits per heavy atom. The number of alkyl halides is 3. The third kappa shape index (κ3) is 4.62. The number of imidazole rings is 1. The molecule has 148 valence electrons. The van der Waals surface area contributed by atoms with Crippen LogP contribution in [0.25, 0.3) is 11.0 Å². The summed E-state index contributed by atoms with van der Waals surface area (Å²) in [6.45, 7) is 2.73. The van der Waals surface area contributed by atoms with E-state index in [4.69, 9.17) is 11.6 Å². The van der Waals surface area contributed by atoms with E-state index in [1.165, 1.54) is 30.0 Å². The standard InChI is InChI=1S/C19H17ClF3N3OS/c1-2-9-26-16-8-7-12(20)10-15(16)25-18(26)28-11-17(27)24-14-6-4-3-5-13(14)19(21,22)23/h3-8,10H,2,9,11H2,1H3,(H,24,27). The number of carbonyl (C=O) groups excluding carboxylic acids is 1. The van der Waals surface area contributed by atoms with Gasteiger partial charge in [-0.3, -0.25) is 4.79 Å². The van der Waals surface area contributed by atoms with Crippen molar-refractivity contribution in [2.24, 2.45) is 0 Å². The van der Waals surface area contributed by atoms with E-state index in [1.807, 2.05) is 17.6 Å². The molecular weight excluding hydrogens is 411 g/mol. The van der Waals surface area contributed by atoms with Crippen molar-refractivity contribution in [2.75, 3.05) is 11.1 Å². The van der Waals surface area contributed by atoms with E-state index in [0.29, 0.717) is 22.2 Å². The number of fused-ring (bicyclic) bond motifs is 1. The first-order valence-corrected chi connectivity index (χ1v) is 9.90. The maximum absolute atomic E-state index is 13.1. The Morgan fingerprint density at radius 2 is 2.00 bits per heavy atom. The quantitative estimate of drug-likeness (QED) is 0.502. The lowest BCUT2D eigenvalue weighted by atomic mass is 10.1. The second-order valence-electron chi connectivity index (χ2n) is 6.06. The van der Waals surface area contributed by atoms with Crippen LogP contribution in [-0.2, 0) is 17.5 Å². The van der Waals surface area contributed by atoms with Gasteiger partial charge in [0.1, 0.15) is 0 Å². The molecular formula is C19H17ClF3N3OS. The summed E-state index contributed by atoms with van der Waals surface area (Å²) in [5, 5.41) is 3.53. The third-order valence-corrected chi connectivity index (χ3v) is 5.17. The van der Waals surface area contributed by atoms with Crippen LogP contribution in [0.1, 0.15) is 18.9 Å². The molecule has 1 N–H and O–H groups in total. The fourth-order valence-electron chi connectivity index (χ4n) is 2.79. The Hall–Kier alpha value is -2.19. The van der Waals surface area contributed by atoms with E-state index in [-0.39, 0.29) is 11.4 Å². The average molecular weight is 428 g/mol. The number of aryl methyl sites for hydroxylation is 1. The molecule has 0 radical (unpaired) electrons. The van der Waals surface area contributed by atoms with Gasteiger partial charge in [-0.05, 0) is 36.8 Å². The first-order valence-electron chi connectivity index (χ1n) is 8.54. The van der Waals surface area contributed by atoms with Gasteiger partial charge in [-0.2, -0.15) is 13.2 Å². The van der Waals surface area contributed by atoms with E-state index in [0.717, 1.165) is 18.0 Å². The van der Waals surface area contributed by atoms with Crippen molar-refractivity contribution in [1.82, 2.24) is 9.55 Å². The zero-order chi connectivity index (χ0) is 20.3. The van der Waals surface area contributed by atoms with Gasteiger partial charge < -0.3 is 9.88 Å². The number of nitrogens with zero attached hydrogens (tertiary/aromatic N) is 2. The lowest BCUT2D eigenvalue weighted by molar-refractivity contribution is -0.137. The number of halogens is 4. The zero-order valence-corrected chi connectivity index (χ0v) is 16.5. The predicted molar refractivity (Wildman–Crippen MR) is 106 cm³/mol. The van der Waals surface area contributed by atoms with Gasteiger partial charge in [-0.1, -0.05) is 42.4 Å². The molecule has 0 atom stereocenters. The number of anilines is 1. The Balaban J connectivity index is 1.76. The first-order chi connectivity index (χ1) is 13.3. The number of thioether (sulfide) groups is 1. The average Bonchev–Trinajstić information content (AvgIpc) is 2.96. The van der Waals surface area contributed by atoms with Crippen molar-refractivity contribution < 1.29 is 18.0 Å². The highest BCUT2D eigenvalue weighted by Crippen LogP contribution is 2.34. The van der Waals surface area contributed by atoms with Gasteiger partial charge in [0.15, 0.2) is 5.16 Å². The highest BCUT2D eigenvalue weighted by molar-refractivity contribution is 7.99. The predicted octanol–water partition coefficient (Wildman–Crippen LogP) is 5.85. The number of hydrogen-bond acceptors (Lipinski definition) is 3. The smallest absolute Gasteiger partial charge is 0.325 e. The Bertz CT molecular complexity index is 1000. The van der Waals surface area contributed by atoms with Gasteiger partial charge in [0.25, 0.3) is 0 Å². The summed E-state index contributed by atoms with van der Waals surface area (Å²) in [7, 11) is 0. The highest BCUT2D eigenvalue weighted by atomic mass is 35.5. The van der Waals surface area contributed by atoms with Crippen LogP contribution in [0.2, 0.25) is 5.02 Å². The molecule has 28 heavy (non-hydrogen) atoms. The van der Waals surface area contributed by atoms with Gasteiger partial charge in [-0.25, -0.2) is 4.98 Å². The highest BCUT2D eigenvalue weighted by Gasteiger charge is 2.33. The van der Waals surface area contributed by atoms with Crippen LogP contribution < -0.4 is 5.32 Å². The number of para-hydroxylation sites is 1. The Morgan fingerprint density at radius 3 is 2.71 bits per heavy atom. The molecule has 0 aliphatic carbocycles. The molecule has 4 nitrogen and oxygen atoms in total. The second kappa shape index (κ2) is 8.45. The van der Waals surface area contributed by atoms with Crippen molar-refractivity contribution in [1.29, 1.82) is 0 Å². The van der Waals surface area contributed by atoms with E-state index in [9.17, 15) is 18.0 Å². The first kappa shape index (κ1) is 20.5. The van der Waals surface area contributed by atoms with Crippen LogP contribution in [-0.4, -0.2) is 21.2 Å². The van der Waals surface area contributed by atoms with Crippen molar-refractivity contribution in [3.05, 3.63) is 53.1 Å². The molecule has 1 aromatic heterocycles. The molecule has 0 aliphatic rings. The number of aromatic nitrogens is 2. The number of rotatable bonds is 6. The molecule has 3 aromatic rings. The van der Waals surface area contributed by atoms with Crippen molar-refractivity contribution in [3.8, 4) is 0 Å². The lowest BCUT2D eigenvalue weighted by Gasteiger charge is -2.13. The largest absolute Gasteiger partial charge is 0.418 e. The molecule has 9 heteroatoms. The molecule has 0 unspecified atom stereocenters. The fourth-order valence-corrected chi connectivity index (χ4v) is 3.79. The molecule has 2 aromatic carbocycles. The fraction of sp³-hybridized carbons (Fsp3) is 0.263. The summed E-state index contributed by atoms with van der Waals surface area (Å²) >= 11 is 7.19. The summed E-state index contributed by atoms with van der Waals surface area (Å²) in [4.78, 5) is 16.8. The van der Waals surface area contributed by atoms with E-state index in [1.54, 1.807) is 12.1 Å². The molecule has 0 aliphatic heterocycles. The summed E-state index contributed by atoms with van der Waals surface area (Å²) in [6, 6.07) is 10.3. The third-order valence-electron chi connectivity index (χ3n) is 3.96. The summed E-state index contributed by atoms with van der Waals surface area (Å²) in [6.07, 6.45) is -3.67. The number of benzene rings is 2. The number of amides is 1. The van der Waals surface area contributed by atoms with Gasteiger partial charge in [-0.15, -0.1) is 0 Å². The van der Waals surface area contributed by atoms with E-state index >= 15 is 0 Å². The Labute approximate surface area is 169 Å². The van der Waals surface area contributed by atoms with Crippen LogP contribution in [0, 0.1) is 0 Å². The number of nitrogens with one attached hydrogen (secondary N) is 1. The van der Waals surface area contributed by atoms with Crippen molar-refractivity contribution >= 4 is 46.0 Å². The topological polar surface area (TPSA) is 46.9 Å². The van der Waals surface area contributed by atoms with Crippen molar-refractivity contribution in [3.63, 3.8) is 0 Å². The maximum Gasteiger partial charge on any atom is 0.418 e. The Kier molecular flexibility index (Phi) is 6.20. The summed E-state index contributed by atoms with van der Waals surface area (Å²) in [5.41, 5.74) is 0.485. The molecule has 1 amide bonds. The van der Waals surface area contributed by atoms with Crippen LogP contribution >= 0.6 is 23.4 Å². The SMILES string of the molecule is CCCn1c(SCC(=O)Nc2ccccc2C(F)(F)F)nc2cc(Cl)ccc21. The van der Waals surface area contributed by atoms with Gasteiger partial charge in [0, 0.05) is 11.6 Å². The zero-order valence-electron chi connectivity index (χ0n) is 14.9. The minimum atomic E-state index is -4.54. The van der Waals surface area contributed by atoms with Crippen LogP contribution in [0.5, 0.6) is 0 Å².